The van der Waals surface area contributed by atoms with E-state index in [0.29, 0.717) is 5.92 Å². The SMILES string of the molecule is CC(=O)c1cc(CN2CCC[C@@H](CNC(=O)NC(C)C)C2)cs1. The maximum absolute atomic E-state index is 11.7. The predicted octanol–water partition coefficient (Wildman–Crippen LogP) is 2.87. The summed E-state index contributed by atoms with van der Waals surface area (Å²) >= 11 is 1.53. The number of carbonyl (C=O) groups is 2. The van der Waals surface area contributed by atoms with Crippen molar-refractivity contribution in [2.45, 2.75) is 46.2 Å². The van der Waals surface area contributed by atoms with Crippen molar-refractivity contribution >= 4 is 23.2 Å². The summed E-state index contributed by atoms with van der Waals surface area (Å²) in [7, 11) is 0. The van der Waals surface area contributed by atoms with Crippen molar-refractivity contribution in [3.63, 3.8) is 0 Å². The lowest BCUT2D eigenvalue weighted by molar-refractivity contribution is 0.102. The van der Waals surface area contributed by atoms with Crippen molar-refractivity contribution in [2.24, 2.45) is 5.92 Å². The molecule has 1 saturated heterocycles. The molecule has 0 aliphatic carbocycles. The molecule has 0 aromatic carbocycles. The summed E-state index contributed by atoms with van der Waals surface area (Å²) in [5.74, 6) is 0.630. The molecule has 1 fully saturated rings. The highest BCUT2D eigenvalue weighted by Crippen LogP contribution is 2.21. The van der Waals surface area contributed by atoms with Gasteiger partial charge in [0, 0.05) is 25.7 Å². The number of carbonyl (C=O) groups excluding carboxylic acids is 2. The van der Waals surface area contributed by atoms with E-state index in [2.05, 4.69) is 20.9 Å². The van der Waals surface area contributed by atoms with E-state index in [1.165, 1.54) is 16.9 Å². The first-order valence-electron chi connectivity index (χ1n) is 8.29. The summed E-state index contributed by atoms with van der Waals surface area (Å²) in [6.07, 6.45) is 2.31. The van der Waals surface area contributed by atoms with Gasteiger partial charge in [-0.1, -0.05) is 0 Å². The maximum Gasteiger partial charge on any atom is 0.314 e. The summed E-state index contributed by atoms with van der Waals surface area (Å²) < 4.78 is 0. The van der Waals surface area contributed by atoms with Gasteiger partial charge in [-0.05, 0) is 63.1 Å². The number of ketones is 1. The molecule has 5 nitrogen and oxygen atoms in total. The lowest BCUT2D eigenvalue weighted by atomic mass is 9.97. The van der Waals surface area contributed by atoms with Crippen LogP contribution in [0.1, 0.15) is 48.8 Å². The first-order chi connectivity index (χ1) is 10.9. The van der Waals surface area contributed by atoms with Crippen molar-refractivity contribution < 1.29 is 9.59 Å². The summed E-state index contributed by atoms with van der Waals surface area (Å²) in [5, 5.41) is 7.90. The second kappa shape index (κ2) is 8.45. The minimum Gasteiger partial charge on any atom is -0.338 e. The Morgan fingerprint density at radius 3 is 2.87 bits per heavy atom. The smallest absolute Gasteiger partial charge is 0.314 e. The highest BCUT2D eigenvalue weighted by atomic mass is 32.1. The lowest BCUT2D eigenvalue weighted by Crippen LogP contribution is -2.45. The molecule has 2 rings (SSSR count). The van der Waals surface area contributed by atoms with Crippen LogP contribution in [0.3, 0.4) is 0 Å². The molecular weight excluding hydrogens is 310 g/mol. The zero-order valence-electron chi connectivity index (χ0n) is 14.2. The van der Waals surface area contributed by atoms with Gasteiger partial charge in [-0.25, -0.2) is 4.79 Å². The Morgan fingerprint density at radius 2 is 2.22 bits per heavy atom. The summed E-state index contributed by atoms with van der Waals surface area (Å²) in [6, 6.07) is 2.08. The highest BCUT2D eigenvalue weighted by Gasteiger charge is 2.21. The Hall–Kier alpha value is -1.40. The van der Waals surface area contributed by atoms with Gasteiger partial charge in [0.05, 0.1) is 4.88 Å². The van der Waals surface area contributed by atoms with Crippen LogP contribution in [-0.2, 0) is 6.54 Å². The Morgan fingerprint density at radius 1 is 1.43 bits per heavy atom. The maximum atomic E-state index is 11.7. The molecule has 0 spiro atoms. The first-order valence-corrected chi connectivity index (χ1v) is 9.17. The molecule has 1 aromatic rings. The molecule has 2 amide bonds. The molecule has 0 bridgehead atoms. The summed E-state index contributed by atoms with van der Waals surface area (Å²) in [4.78, 5) is 26.3. The van der Waals surface area contributed by atoms with E-state index in [-0.39, 0.29) is 17.9 Å². The third-order valence-corrected chi connectivity index (χ3v) is 5.06. The number of nitrogens with zero attached hydrogens (tertiary/aromatic N) is 1. The normalized spacial score (nSPS) is 18.9. The summed E-state index contributed by atoms with van der Waals surface area (Å²) in [5.41, 5.74) is 1.21. The number of hydrogen-bond donors (Lipinski definition) is 2. The number of urea groups is 1. The molecule has 1 aliphatic heterocycles. The predicted molar refractivity (Wildman–Crippen MR) is 94.0 cm³/mol. The van der Waals surface area contributed by atoms with E-state index < -0.39 is 0 Å². The fourth-order valence-electron chi connectivity index (χ4n) is 2.91. The third kappa shape index (κ3) is 5.95. The van der Waals surface area contributed by atoms with Crippen LogP contribution in [0.15, 0.2) is 11.4 Å². The van der Waals surface area contributed by atoms with Crippen molar-refractivity contribution in [1.29, 1.82) is 0 Å². The molecule has 6 heteroatoms. The second-order valence-electron chi connectivity index (χ2n) is 6.63. The zero-order valence-corrected chi connectivity index (χ0v) is 15.0. The molecule has 2 N–H and O–H groups in total. The molecule has 0 saturated carbocycles. The van der Waals surface area contributed by atoms with Gasteiger partial charge in [0.15, 0.2) is 5.78 Å². The molecule has 2 heterocycles. The van der Waals surface area contributed by atoms with E-state index >= 15 is 0 Å². The Bertz CT molecular complexity index is 542. The van der Waals surface area contributed by atoms with E-state index in [1.807, 2.05) is 19.9 Å². The molecule has 1 atom stereocenters. The van der Waals surface area contributed by atoms with Gasteiger partial charge in [-0.15, -0.1) is 11.3 Å². The Kier molecular flexibility index (Phi) is 6.59. The Labute approximate surface area is 142 Å². The van der Waals surface area contributed by atoms with Crippen molar-refractivity contribution in [3.8, 4) is 0 Å². The topological polar surface area (TPSA) is 61.4 Å². The largest absolute Gasteiger partial charge is 0.338 e. The van der Waals surface area contributed by atoms with Gasteiger partial charge in [-0.2, -0.15) is 0 Å². The van der Waals surface area contributed by atoms with Gasteiger partial charge < -0.3 is 10.6 Å². The Balaban J connectivity index is 1.78. The van der Waals surface area contributed by atoms with Gasteiger partial charge in [-0.3, -0.25) is 9.69 Å². The van der Waals surface area contributed by atoms with Crippen LogP contribution in [0.25, 0.3) is 0 Å². The van der Waals surface area contributed by atoms with Gasteiger partial charge >= 0.3 is 6.03 Å². The molecule has 1 aromatic heterocycles. The number of piperidine rings is 1. The molecule has 128 valence electrons. The minimum absolute atomic E-state index is 0.0824. The average Bonchev–Trinajstić information content (AvgIpc) is 2.94. The molecule has 23 heavy (non-hydrogen) atoms. The fourth-order valence-corrected chi connectivity index (χ4v) is 3.72. The van der Waals surface area contributed by atoms with Gasteiger partial charge in [0.25, 0.3) is 0 Å². The molecule has 1 aliphatic rings. The highest BCUT2D eigenvalue weighted by molar-refractivity contribution is 7.12. The number of hydrogen-bond acceptors (Lipinski definition) is 4. The van der Waals surface area contributed by atoms with Crippen LogP contribution < -0.4 is 10.6 Å². The van der Waals surface area contributed by atoms with Crippen molar-refractivity contribution in [3.05, 3.63) is 21.9 Å². The van der Waals surface area contributed by atoms with Crippen LogP contribution in [0, 0.1) is 5.92 Å². The van der Waals surface area contributed by atoms with E-state index in [1.54, 1.807) is 6.92 Å². The summed E-state index contributed by atoms with van der Waals surface area (Å²) in [6.45, 7) is 9.21. The number of amides is 2. The second-order valence-corrected chi connectivity index (χ2v) is 7.54. The van der Waals surface area contributed by atoms with Gasteiger partial charge in [0.1, 0.15) is 0 Å². The molecule has 0 unspecified atom stereocenters. The quantitative estimate of drug-likeness (QED) is 0.785. The molecule has 0 radical (unpaired) electrons. The lowest BCUT2D eigenvalue weighted by Gasteiger charge is -2.32. The van der Waals surface area contributed by atoms with E-state index in [4.69, 9.17) is 0 Å². The number of Topliss-reactive ketones (excluding diaryl/α,β-unsaturated/α-hetero) is 1. The number of thiophene rings is 1. The fraction of sp³-hybridized carbons (Fsp3) is 0.647. The van der Waals surface area contributed by atoms with Crippen LogP contribution in [-0.4, -0.2) is 42.4 Å². The number of nitrogens with one attached hydrogen (secondary N) is 2. The van der Waals surface area contributed by atoms with Gasteiger partial charge in [0.2, 0.25) is 0 Å². The molecular formula is C17H27N3O2S. The number of likely N-dealkylation sites (tertiary alicyclic amines) is 1. The standard InChI is InChI=1S/C17H27N3O2S/c1-12(2)19-17(22)18-8-14-5-4-6-20(9-14)10-15-7-16(13(3)21)23-11-15/h7,11-12,14H,4-6,8-10H2,1-3H3,(H2,18,19,22)/t14-/m0/s1. The first kappa shape index (κ1) is 17.9. The average molecular weight is 337 g/mol. The number of rotatable bonds is 6. The van der Waals surface area contributed by atoms with Crippen LogP contribution in [0.5, 0.6) is 0 Å². The van der Waals surface area contributed by atoms with Crippen LogP contribution in [0.2, 0.25) is 0 Å². The van der Waals surface area contributed by atoms with E-state index in [9.17, 15) is 9.59 Å². The van der Waals surface area contributed by atoms with Crippen LogP contribution >= 0.6 is 11.3 Å². The minimum atomic E-state index is -0.0824. The van der Waals surface area contributed by atoms with Crippen molar-refractivity contribution in [2.75, 3.05) is 19.6 Å². The third-order valence-electron chi connectivity index (χ3n) is 3.98. The van der Waals surface area contributed by atoms with E-state index in [0.717, 1.165) is 43.9 Å². The monoisotopic (exact) mass is 337 g/mol. The van der Waals surface area contributed by atoms with Crippen LogP contribution in [0.4, 0.5) is 4.79 Å². The zero-order chi connectivity index (χ0) is 16.8. The van der Waals surface area contributed by atoms with Crippen molar-refractivity contribution in [1.82, 2.24) is 15.5 Å².